The number of hydrogen-bond donors (Lipinski definition) is 2. The second kappa shape index (κ2) is 2.19. The Kier molecular flexibility index (Phi) is 1.40. The summed E-state index contributed by atoms with van der Waals surface area (Å²) in [6, 6.07) is 0. The average molecular weight is 157 g/mol. The van der Waals surface area contributed by atoms with Crippen molar-refractivity contribution >= 4 is 5.97 Å². The Morgan fingerprint density at radius 1 is 1.64 bits per heavy atom. The first-order valence-corrected chi connectivity index (χ1v) is 3.81. The van der Waals surface area contributed by atoms with Crippen LogP contribution in [0.15, 0.2) is 0 Å². The highest BCUT2D eigenvalue weighted by Gasteiger charge is 2.46. The summed E-state index contributed by atoms with van der Waals surface area (Å²) in [5, 5.41) is 11.8. The molecule has 1 heterocycles. The topological polar surface area (TPSA) is 58.6 Å². The minimum atomic E-state index is -0.868. The Bertz CT molecular complexity index is 178. The second-order valence-electron chi connectivity index (χ2n) is 3.30. The van der Waals surface area contributed by atoms with Gasteiger partial charge in [-0.3, -0.25) is 0 Å². The van der Waals surface area contributed by atoms with Gasteiger partial charge in [0.05, 0.1) is 6.61 Å². The number of aliphatic carboxylic acids is 1. The molecule has 2 fully saturated rings. The van der Waals surface area contributed by atoms with Crippen LogP contribution in [0.5, 0.6) is 0 Å². The average Bonchev–Trinajstić information content (AvgIpc) is 2.70. The SMILES string of the molecule is O=C(O)C1CNC2(CC2)CO1. The van der Waals surface area contributed by atoms with Gasteiger partial charge in [-0.2, -0.15) is 0 Å². The quantitative estimate of drug-likeness (QED) is 0.543. The molecule has 1 unspecified atom stereocenters. The molecule has 0 aromatic carbocycles. The molecule has 62 valence electrons. The van der Waals surface area contributed by atoms with Crippen LogP contribution >= 0.6 is 0 Å². The summed E-state index contributed by atoms with van der Waals surface area (Å²) in [5.74, 6) is -0.868. The molecule has 0 bridgehead atoms. The van der Waals surface area contributed by atoms with Crippen molar-refractivity contribution in [3.05, 3.63) is 0 Å². The van der Waals surface area contributed by atoms with Gasteiger partial charge in [0, 0.05) is 12.1 Å². The first kappa shape index (κ1) is 7.06. The first-order valence-electron chi connectivity index (χ1n) is 3.81. The highest BCUT2D eigenvalue weighted by molar-refractivity contribution is 5.72. The lowest BCUT2D eigenvalue weighted by Gasteiger charge is -2.27. The minimum Gasteiger partial charge on any atom is -0.479 e. The van der Waals surface area contributed by atoms with Gasteiger partial charge in [0.1, 0.15) is 0 Å². The van der Waals surface area contributed by atoms with Crippen LogP contribution in [-0.4, -0.2) is 35.9 Å². The molecule has 1 aliphatic heterocycles. The first-order chi connectivity index (χ1) is 5.22. The van der Waals surface area contributed by atoms with E-state index in [0.29, 0.717) is 13.2 Å². The van der Waals surface area contributed by atoms with Gasteiger partial charge in [-0.15, -0.1) is 0 Å². The number of carbonyl (C=O) groups is 1. The zero-order valence-corrected chi connectivity index (χ0v) is 6.17. The van der Waals surface area contributed by atoms with Crippen molar-refractivity contribution in [2.24, 2.45) is 0 Å². The van der Waals surface area contributed by atoms with Crippen LogP contribution in [0.25, 0.3) is 0 Å². The fourth-order valence-corrected chi connectivity index (χ4v) is 1.31. The van der Waals surface area contributed by atoms with Crippen LogP contribution in [0.3, 0.4) is 0 Å². The van der Waals surface area contributed by atoms with E-state index in [2.05, 4.69) is 5.32 Å². The van der Waals surface area contributed by atoms with Crippen LogP contribution in [0.2, 0.25) is 0 Å². The fraction of sp³-hybridized carbons (Fsp3) is 0.857. The summed E-state index contributed by atoms with van der Waals surface area (Å²) in [5.41, 5.74) is 0.159. The van der Waals surface area contributed by atoms with Gasteiger partial charge >= 0.3 is 5.97 Å². The van der Waals surface area contributed by atoms with Gasteiger partial charge in [0.15, 0.2) is 6.10 Å². The van der Waals surface area contributed by atoms with Gasteiger partial charge in [-0.1, -0.05) is 0 Å². The van der Waals surface area contributed by atoms with Crippen LogP contribution in [0.4, 0.5) is 0 Å². The highest BCUT2D eigenvalue weighted by Crippen LogP contribution is 2.37. The van der Waals surface area contributed by atoms with Crippen molar-refractivity contribution in [1.29, 1.82) is 0 Å². The molecule has 1 spiro atoms. The van der Waals surface area contributed by atoms with E-state index in [-0.39, 0.29) is 5.54 Å². The van der Waals surface area contributed by atoms with E-state index in [4.69, 9.17) is 9.84 Å². The Labute approximate surface area is 64.5 Å². The number of nitrogens with one attached hydrogen (secondary N) is 1. The number of ether oxygens (including phenoxy) is 1. The molecule has 0 aromatic heterocycles. The van der Waals surface area contributed by atoms with Crippen molar-refractivity contribution in [2.45, 2.75) is 24.5 Å². The summed E-state index contributed by atoms with van der Waals surface area (Å²) >= 11 is 0. The Morgan fingerprint density at radius 3 is 2.73 bits per heavy atom. The molecule has 1 atom stereocenters. The van der Waals surface area contributed by atoms with E-state index >= 15 is 0 Å². The normalized spacial score (nSPS) is 33.6. The number of morpholine rings is 1. The van der Waals surface area contributed by atoms with Crippen molar-refractivity contribution in [1.82, 2.24) is 5.32 Å². The summed E-state index contributed by atoms with van der Waals surface area (Å²) in [7, 11) is 0. The van der Waals surface area contributed by atoms with Crippen LogP contribution in [-0.2, 0) is 9.53 Å². The number of rotatable bonds is 1. The molecule has 4 heteroatoms. The lowest BCUT2D eigenvalue weighted by Crippen LogP contribution is -2.50. The molecule has 4 nitrogen and oxygen atoms in total. The van der Waals surface area contributed by atoms with Crippen LogP contribution < -0.4 is 5.32 Å². The third-order valence-electron chi connectivity index (χ3n) is 2.35. The molecule has 2 rings (SSSR count). The third kappa shape index (κ3) is 1.23. The maximum Gasteiger partial charge on any atom is 0.334 e. The molecule has 0 aromatic rings. The molecule has 1 aliphatic carbocycles. The maximum absolute atomic E-state index is 10.4. The van der Waals surface area contributed by atoms with Gasteiger partial charge in [-0.05, 0) is 12.8 Å². The molecule has 11 heavy (non-hydrogen) atoms. The molecule has 1 saturated heterocycles. The minimum absolute atomic E-state index is 0.159. The Hall–Kier alpha value is -0.610. The molecule has 2 N–H and O–H groups in total. The third-order valence-corrected chi connectivity index (χ3v) is 2.35. The van der Waals surface area contributed by atoms with Crippen molar-refractivity contribution in [3.63, 3.8) is 0 Å². The van der Waals surface area contributed by atoms with E-state index in [0.717, 1.165) is 12.8 Å². The maximum atomic E-state index is 10.4. The van der Waals surface area contributed by atoms with E-state index < -0.39 is 12.1 Å². The predicted octanol–water partition coefficient (Wildman–Crippen LogP) is -0.408. The predicted molar refractivity (Wildman–Crippen MR) is 37.3 cm³/mol. The number of carboxylic acids is 1. The van der Waals surface area contributed by atoms with Gasteiger partial charge < -0.3 is 15.2 Å². The van der Waals surface area contributed by atoms with E-state index in [1.807, 2.05) is 0 Å². The molecule has 0 radical (unpaired) electrons. The highest BCUT2D eigenvalue weighted by atomic mass is 16.5. The lowest BCUT2D eigenvalue weighted by atomic mass is 10.2. The molecular formula is C7H11NO3. The molecule has 1 saturated carbocycles. The fourth-order valence-electron chi connectivity index (χ4n) is 1.31. The van der Waals surface area contributed by atoms with Crippen LogP contribution in [0, 0.1) is 0 Å². The van der Waals surface area contributed by atoms with Gasteiger partial charge in [-0.25, -0.2) is 4.79 Å². The van der Waals surface area contributed by atoms with E-state index in [1.165, 1.54) is 0 Å². The van der Waals surface area contributed by atoms with Gasteiger partial charge in [0.2, 0.25) is 0 Å². The zero-order valence-electron chi connectivity index (χ0n) is 6.17. The van der Waals surface area contributed by atoms with E-state index in [9.17, 15) is 4.79 Å². The van der Waals surface area contributed by atoms with Crippen molar-refractivity contribution in [3.8, 4) is 0 Å². The summed E-state index contributed by atoms with van der Waals surface area (Å²) in [6.45, 7) is 1.01. The monoisotopic (exact) mass is 157 g/mol. The Morgan fingerprint density at radius 2 is 2.36 bits per heavy atom. The Balaban J connectivity index is 1.89. The standard InChI is InChI=1S/C7H11NO3/c9-6(10)5-3-8-7(1-2-7)4-11-5/h5,8H,1-4H2,(H,9,10). The number of carboxylic acid groups (broad SMARTS) is 1. The van der Waals surface area contributed by atoms with Crippen LogP contribution in [0.1, 0.15) is 12.8 Å². The zero-order chi connectivity index (χ0) is 7.90. The molecule has 2 aliphatic rings. The molecular weight excluding hydrogens is 146 g/mol. The summed E-state index contributed by atoms with van der Waals surface area (Å²) < 4.78 is 5.16. The second-order valence-corrected chi connectivity index (χ2v) is 3.30. The van der Waals surface area contributed by atoms with Crippen molar-refractivity contribution in [2.75, 3.05) is 13.2 Å². The summed E-state index contributed by atoms with van der Waals surface area (Å²) in [6.07, 6.45) is 1.61. The lowest BCUT2D eigenvalue weighted by molar-refractivity contribution is -0.153. The molecule has 0 amide bonds. The summed E-state index contributed by atoms with van der Waals surface area (Å²) in [4.78, 5) is 10.4. The van der Waals surface area contributed by atoms with Gasteiger partial charge in [0.25, 0.3) is 0 Å². The number of hydrogen-bond acceptors (Lipinski definition) is 3. The van der Waals surface area contributed by atoms with Crippen molar-refractivity contribution < 1.29 is 14.6 Å². The van der Waals surface area contributed by atoms with E-state index in [1.54, 1.807) is 0 Å². The largest absolute Gasteiger partial charge is 0.479 e. The smallest absolute Gasteiger partial charge is 0.334 e.